The molecule has 106 valence electrons. The summed E-state index contributed by atoms with van der Waals surface area (Å²) in [7, 11) is 1.30. The van der Waals surface area contributed by atoms with E-state index in [4.69, 9.17) is 4.74 Å². The molecule has 21 heavy (non-hydrogen) atoms. The normalized spacial score (nSPS) is 10.3. The van der Waals surface area contributed by atoms with E-state index in [2.05, 4.69) is 4.74 Å². The Bertz CT molecular complexity index is 660. The van der Waals surface area contributed by atoms with Crippen LogP contribution in [0.2, 0.25) is 0 Å². The highest BCUT2D eigenvalue weighted by Gasteiger charge is 2.07. The third kappa shape index (κ3) is 4.31. The van der Waals surface area contributed by atoms with Crippen molar-refractivity contribution in [1.82, 2.24) is 0 Å². The Morgan fingerprint density at radius 1 is 1.00 bits per heavy atom. The number of hydrogen-bond donors (Lipinski definition) is 0. The molecule has 2 aromatic rings. The van der Waals surface area contributed by atoms with Crippen molar-refractivity contribution in [2.45, 2.75) is 0 Å². The van der Waals surface area contributed by atoms with E-state index >= 15 is 0 Å². The maximum absolute atomic E-state index is 11.7. The molecule has 0 N–H and O–H groups in total. The summed E-state index contributed by atoms with van der Waals surface area (Å²) in [5, 5.41) is 0. The van der Waals surface area contributed by atoms with Crippen molar-refractivity contribution in [1.29, 1.82) is 0 Å². The predicted molar refractivity (Wildman–Crippen MR) is 78.9 cm³/mol. The molecule has 0 saturated carbocycles. The van der Waals surface area contributed by atoms with Crippen molar-refractivity contribution in [3.8, 4) is 5.75 Å². The fourth-order valence-corrected chi connectivity index (χ4v) is 1.68. The smallest absolute Gasteiger partial charge is 0.337 e. The third-order valence-corrected chi connectivity index (χ3v) is 2.69. The monoisotopic (exact) mass is 282 g/mol. The molecular weight excluding hydrogens is 268 g/mol. The summed E-state index contributed by atoms with van der Waals surface area (Å²) in [5.74, 6) is -0.700. The molecule has 0 bridgehead atoms. The maximum Gasteiger partial charge on any atom is 0.337 e. The van der Waals surface area contributed by atoms with Crippen LogP contribution in [0.1, 0.15) is 15.9 Å². The molecule has 0 aromatic heterocycles. The van der Waals surface area contributed by atoms with E-state index in [9.17, 15) is 9.59 Å². The van der Waals surface area contributed by atoms with Gasteiger partial charge in [-0.25, -0.2) is 9.59 Å². The van der Waals surface area contributed by atoms with Crippen molar-refractivity contribution < 1.29 is 19.1 Å². The number of benzene rings is 2. The number of carbonyl (C=O) groups excluding carboxylic acids is 2. The standard InChI is InChI=1S/C17H14O4/c1-20-17(19)14-8-5-9-15(12-14)21-16(18)11-10-13-6-3-2-4-7-13/h2-12H,1H3/b11-10+. The summed E-state index contributed by atoms with van der Waals surface area (Å²) in [5.41, 5.74) is 1.23. The number of carbonyl (C=O) groups is 2. The molecule has 0 saturated heterocycles. The molecule has 0 atom stereocenters. The average molecular weight is 282 g/mol. The summed E-state index contributed by atoms with van der Waals surface area (Å²) in [6.07, 6.45) is 2.99. The van der Waals surface area contributed by atoms with Crippen molar-refractivity contribution in [3.63, 3.8) is 0 Å². The minimum Gasteiger partial charge on any atom is -0.465 e. The molecule has 4 heteroatoms. The third-order valence-electron chi connectivity index (χ3n) is 2.69. The van der Waals surface area contributed by atoms with E-state index in [0.29, 0.717) is 11.3 Å². The summed E-state index contributed by atoms with van der Waals surface area (Å²) < 4.78 is 9.75. The van der Waals surface area contributed by atoms with Crippen LogP contribution in [0.15, 0.2) is 60.7 Å². The fraction of sp³-hybridized carbons (Fsp3) is 0.0588. The zero-order valence-corrected chi connectivity index (χ0v) is 11.5. The number of methoxy groups -OCH3 is 1. The summed E-state index contributed by atoms with van der Waals surface area (Å²) in [4.78, 5) is 23.1. The van der Waals surface area contributed by atoms with Crippen molar-refractivity contribution in [2.75, 3.05) is 7.11 Å². The van der Waals surface area contributed by atoms with Crippen LogP contribution in [0, 0.1) is 0 Å². The Morgan fingerprint density at radius 3 is 2.48 bits per heavy atom. The second kappa shape index (κ2) is 7.05. The molecule has 0 aliphatic heterocycles. The molecule has 0 aliphatic carbocycles. The highest BCUT2D eigenvalue weighted by molar-refractivity contribution is 5.91. The first kappa shape index (κ1) is 14.5. The van der Waals surface area contributed by atoms with Crippen LogP contribution in [-0.4, -0.2) is 19.0 Å². The minimum atomic E-state index is -0.513. The summed E-state index contributed by atoms with van der Waals surface area (Å²) >= 11 is 0. The van der Waals surface area contributed by atoms with Gasteiger partial charge in [0.1, 0.15) is 5.75 Å². The van der Waals surface area contributed by atoms with Crippen LogP contribution in [0.25, 0.3) is 6.08 Å². The van der Waals surface area contributed by atoms with E-state index < -0.39 is 11.9 Å². The Hall–Kier alpha value is -2.88. The Kier molecular flexibility index (Phi) is 4.88. The van der Waals surface area contributed by atoms with Crippen molar-refractivity contribution in [3.05, 3.63) is 71.8 Å². The molecule has 0 amide bonds. The number of esters is 2. The lowest BCUT2D eigenvalue weighted by molar-refractivity contribution is -0.128. The van der Waals surface area contributed by atoms with Gasteiger partial charge >= 0.3 is 11.9 Å². The van der Waals surface area contributed by atoms with E-state index in [1.807, 2.05) is 30.3 Å². The highest BCUT2D eigenvalue weighted by Crippen LogP contribution is 2.14. The van der Waals surface area contributed by atoms with Crippen LogP contribution in [0.4, 0.5) is 0 Å². The summed E-state index contributed by atoms with van der Waals surface area (Å²) in [6, 6.07) is 15.7. The molecular formula is C17H14O4. The van der Waals surface area contributed by atoms with Gasteiger partial charge in [-0.05, 0) is 29.8 Å². The molecule has 0 radical (unpaired) electrons. The fourth-order valence-electron chi connectivity index (χ4n) is 1.68. The van der Waals surface area contributed by atoms with Gasteiger partial charge in [-0.1, -0.05) is 36.4 Å². The largest absolute Gasteiger partial charge is 0.465 e. The molecule has 0 unspecified atom stereocenters. The maximum atomic E-state index is 11.7. The molecule has 0 spiro atoms. The van der Waals surface area contributed by atoms with Crippen LogP contribution in [-0.2, 0) is 9.53 Å². The lowest BCUT2D eigenvalue weighted by Gasteiger charge is -2.03. The Morgan fingerprint density at radius 2 is 1.76 bits per heavy atom. The van der Waals surface area contributed by atoms with Gasteiger partial charge < -0.3 is 9.47 Å². The molecule has 2 rings (SSSR count). The molecule has 0 fully saturated rings. The lowest BCUT2D eigenvalue weighted by atomic mass is 10.2. The molecule has 4 nitrogen and oxygen atoms in total. The molecule has 0 aliphatic rings. The average Bonchev–Trinajstić information content (AvgIpc) is 2.53. The van der Waals surface area contributed by atoms with Gasteiger partial charge in [-0.15, -0.1) is 0 Å². The van der Waals surface area contributed by atoms with Crippen LogP contribution in [0.5, 0.6) is 5.75 Å². The van der Waals surface area contributed by atoms with Gasteiger partial charge in [-0.2, -0.15) is 0 Å². The van der Waals surface area contributed by atoms with Crippen LogP contribution in [0.3, 0.4) is 0 Å². The van der Waals surface area contributed by atoms with E-state index in [1.165, 1.54) is 19.3 Å². The zero-order chi connectivity index (χ0) is 15.1. The number of ether oxygens (including phenoxy) is 2. The van der Waals surface area contributed by atoms with Crippen molar-refractivity contribution >= 4 is 18.0 Å². The highest BCUT2D eigenvalue weighted by atomic mass is 16.5. The first-order chi connectivity index (χ1) is 10.2. The van der Waals surface area contributed by atoms with Crippen LogP contribution < -0.4 is 4.74 Å². The number of rotatable bonds is 4. The van der Waals surface area contributed by atoms with Gasteiger partial charge in [0.2, 0.25) is 0 Å². The van der Waals surface area contributed by atoms with Gasteiger partial charge in [0.15, 0.2) is 0 Å². The topological polar surface area (TPSA) is 52.6 Å². The molecule has 2 aromatic carbocycles. The van der Waals surface area contributed by atoms with E-state index in [1.54, 1.807) is 24.3 Å². The second-order valence-corrected chi connectivity index (χ2v) is 4.18. The second-order valence-electron chi connectivity index (χ2n) is 4.18. The van der Waals surface area contributed by atoms with Crippen LogP contribution >= 0.6 is 0 Å². The van der Waals surface area contributed by atoms with Gasteiger partial charge in [0.25, 0.3) is 0 Å². The Labute approximate surface area is 122 Å². The van der Waals surface area contributed by atoms with Crippen molar-refractivity contribution in [2.24, 2.45) is 0 Å². The predicted octanol–water partition coefficient (Wildman–Crippen LogP) is 3.09. The Balaban J connectivity index is 2.03. The summed E-state index contributed by atoms with van der Waals surface area (Å²) in [6.45, 7) is 0. The SMILES string of the molecule is COC(=O)c1cccc(OC(=O)/C=C/c2ccccc2)c1. The van der Waals surface area contributed by atoms with Gasteiger partial charge in [0.05, 0.1) is 12.7 Å². The van der Waals surface area contributed by atoms with E-state index in [0.717, 1.165) is 5.56 Å². The quantitative estimate of drug-likeness (QED) is 0.491. The molecule has 0 heterocycles. The zero-order valence-electron chi connectivity index (χ0n) is 11.5. The first-order valence-corrected chi connectivity index (χ1v) is 6.32. The minimum absolute atomic E-state index is 0.292. The first-order valence-electron chi connectivity index (χ1n) is 6.32. The van der Waals surface area contributed by atoms with Gasteiger partial charge in [0, 0.05) is 6.08 Å². The van der Waals surface area contributed by atoms with Gasteiger partial charge in [-0.3, -0.25) is 0 Å². The van der Waals surface area contributed by atoms with E-state index in [-0.39, 0.29) is 0 Å². The lowest BCUT2D eigenvalue weighted by Crippen LogP contribution is -2.06. The number of hydrogen-bond acceptors (Lipinski definition) is 4.